The summed E-state index contributed by atoms with van der Waals surface area (Å²) in [6, 6.07) is 8.99. The first-order chi connectivity index (χ1) is 8.99. The SMILES string of the molecule is CCCNCc1ccc(CN(C)C(C)(C)CC)cc1. The van der Waals surface area contributed by atoms with E-state index in [4.69, 9.17) is 0 Å². The van der Waals surface area contributed by atoms with Crippen molar-refractivity contribution in [2.24, 2.45) is 0 Å². The van der Waals surface area contributed by atoms with Gasteiger partial charge in [0.25, 0.3) is 0 Å². The third-order valence-electron chi connectivity index (χ3n) is 4.10. The van der Waals surface area contributed by atoms with Gasteiger partial charge in [-0.15, -0.1) is 0 Å². The highest BCUT2D eigenvalue weighted by Gasteiger charge is 2.20. The molecule has 19 heavy (non-hydrogen) atoms. The summed E-state index contributed by atoms with van der Waals surface area (Å²) in [5, 5.41) is 3.43. The molecule has 0 amide bonds. The number of hydrogen-bond donors (Lipinski definition) is 1. The molecule has 0 bridgehead atoms. The van der Waals surface area contributed by atoms with Crippen LogP contribution in [0.15, 0.2) is 24.3 Å². The fourth-order valence-corrected chi connectivity index (χ4v) is 1.93. The zero-order valence-electron chi connectivity index (χ0n) is 13.3. The van der Waals surface area contributed by atoms with E-state index in [0.717, 1.165) is 19.6 Å². The topological polar surface area (TPSA) is 15.3 Å². The van der Waals surface area contributed by atoms with Gasteiger partial charge in [-0.2, -0.15) is 0 Å². The molecule has 0 aliphatic carbocycles. The third kappa shape index (κ3) is 5.33. The van der Waals surface area contributed by atoms with E-state index in [-0.39, 0.29) is 5.54 Å². The van der Waals surface area contributed by atoms with Crippen molar-refractivity contribution in [2.45, 2.75) is 59.2 Å². The van der Waals surface area contributed by atoms with Crippen LogP contribution in [0.2, 0.25) is 0 Å². The lowest BCUT2D eigenvalue weighted by Crippen LogP contribution is -2.39. The Hall–Kier alpha value is -0.860. The van der Waals surface area contributed by atoms with Crippen LogP contribution in [0.4, 0.5) is 0 Å². The molecule has 0 aliphatic rings. The Balaban J connectivity index is 2.52. The van der Waals surface area contributed by atoms with Crippen LogP contribution in [0.1, 0.15) is 51.7 Å². The molecule has 0 heterocycles. The van der Waals surface area contributed by atoms with Crippen LogP contribution in [0.25, 0.3) is 0 Å². The van der Waals surface area contributed by atoms with Gasteiger partial charge in [0.05, 0.1) is 0 Å². The van der Waals surface area contributed by atoms with Gasteiger partial charge in [-0.3, -0.25) is 4.90 Å². The van der Waals surface area contributed by atoms with E-state index in [9.17, 15) is 0 Å². The number of rotatable bonds is 8. The Bertz CT molecular complexity index is 354. The summed E-state index contributed by atoms with van der Waals surface area (Å²) in [4.78, 5) is 2.43. The highest BCUT2D eigenvalue weighted by atomic mass is 15.2. The predicted octanol–water partition coefficient (Wildman–Crippen LogP) is 3.81. The van der Waals surface area contributed by atoms with Gasteiger partial charge in [-0.25, -0.2) is 0 Å². The van der Waals surface area contributed by atoms with E-state index in [0.29, 0.717) is 0 Å². The van der Waals surface area contributed by atoms with Crippen molar-refractivity contribution >= 4 is 0 Å². The number of benzene rings is 1. The summed E-state index contributed by atoms with van der Waals surface area (Å²) in [6.07, 6.45) is 2.36. The lowest BCUT2D eigenvalue weighted by Gasteiger charge is -2.34. The van der Waals surface area contributed by atoms with Gasteiger partial charge in [-0.1, -0.05) is 38.1 Å². The van der Waals surface area contributed by atoms with E-state index in [2.05, 4.69) is 69.2 Å². The zero-order valence-corrected chi connectivity index (χ0v) is 13.3. The van der Waals surface area contributed by atoms with E-state index in [1.165, 1.54) is 24.0 Å². The largest absolute Gasteiger partial charge is 0.313 e. The van der Waals surface area contributed by atoms with Gasteiger partial charge < -0.3 is 5.32 Å². The molecule has 2 nitrogen and oxygen atoms in total. The van der Waals surface area contributed by atoms with Gasteiger partial charge in [0.1, 0.15) is 0 Å². The number of hydrogen-bond acceptors (Lipinski definition) is 2. The number of nitrogens with one attached hydrogen (secondary N) is 1. The van der Waals surface area contributed by atoms with E-state index < -0.39 is 0 Å². The van der Waals surface area contributed by atoms with Gasteiger partial charge in [0, 0.05) is 18.6 Å². The minimum absolute atomic E-state index is 0.265. The minimum Gasteiger partial charge on any atom is -0.313 e. The quantitative estimate of drug-likeness (QED) is 0.717. The molecular weight excluding hydrogens is 232 g/mol. The summed E-state index contributed by atoms with van der Waals surface area (Å²) in [5.41, 5.74) is 3.03. The molecular formula is C17H30N2. The molecule has 0 unspecified atom stereocenters. The number of nitrogens with zero attached hydrogens (tertiary/aromatic N) is 1. The maximum absolute atomic E-state index is 3.43. The Labute approximate surface area is 119 Å². The van der Waals surface area contributed by atoms with E-state index in [1.807, 2.05) is 0 Å². The van der Waals surface area contributed by atoms with Crippen LogP contribution in [0.5, 0.6) is 0 Å². The molecule has 0 aromatic heterocycles. The second-order valence-corrected chi connectivity index (χ2v) is 6.02. The highest BCUT2D eigenvalue weighted by molar-refractivity contribution is 5.22. The lowest BCUT2D eigenvalue weighted by atomic mass is 9.99. The first-order valence-electron chi connectivity index (χ1n) is 7.49. The second kappa shape index (κ2) is 7.66. The van der Waals surface area contributed by atoms with Crippen LogP contribution >= 0.6 is 0 Å². The maximum atomic E-state index is 3.43. The smallest absolute Gasteiger partial charge is 0.0235 e. The Morgan fingerprint density at radius 3 is 2.16 bits per heavy atom. The van der Waals surface area contributed by atoms with Crippen molar-refractivity contribution in [1.29, 1.82) is 0 Å². The van der Waals surface area contributed by atoms with Crippen molar-refractivity contribution < 1.29 is 0 Å². The molecule has 0 spiro atoms. The molecule has 0 radical (unpaired) electrons. The Morgan fingerprint density at radius 2 is 1.63 bits per heavy atom. The summed E-state index contributed by atoms with van der Waals surface area (Å²) < 4.78 is 0. The lowest BCUT2D eigenvalue weighted by molar-refractivity contribution is 0.143. The van der Waals surface area contributed by atoms with Gasteiger partial charge in [-0.05, 0) is 51.4 Å². The molecule has 0 saturated heterocycles. The highest BCUT2D eigenvalue weighted by Crippen LogP contribution is 2.19. The second-order valence-electron chi connectivity index (χ2n) is 6.02. The van der Waals surface area contributed by atoms with Gasteiger partial charge in [0.15, 0.2) is 0 Å². The molecule has 0 atom stereocenters. The van der Waals surface area contributed by atoms with Crippen molar-refractivity contribution in [3.63, 3.8) is 0 Å². The van der Waals surface area contributed by atoms with Crippen LogP contribution in [-0.2, 0) is 13.1 Å². The molecule has 0 aliphatic heterocycles. The monoisotopic (exact) mass is 262 g/mol. The van der Waals surface area contributed by atoms with Crippen molar-refractivity contribution in [1.82, 2.24) is 10.2 Å². The van der Waals surface area contributed by atoms with Crippen molar-refractivity contribution in [2.75, 3.05) is 13.6 Å². The molecule has 108 valence electrons. The van der Waals surface area contributed by atoms with Crippen LogP contribution in [0.3, 0.4) is 0 Å². The first-order valence-corrected chi connectivity index (χ1v) is 7.49. The Kier molecular flexibility index (Phi) is 6.53. The van der Waals surface area contributed by atoms with E-state index in [1.54, 1.807) is 0 Å². The third-order valence-corrected chi connectivity index (χ3v) is 4.10. The summed E-state index contributed by atoms with van der Waals surface area (Å²) in [7, 11) is 2.21. The van der Waals surface area contributed by atoms with Crippen LogP contribution < -0.4 is 5.32 Å². The van der Waals surface area contributed by atoms with Crippen LogP contribution in [-0.4, -0.2) is 24.0 Å². The minimum atomic E-state index is 0.265. The average Bonchev–Trinajstić information content (AvgIpc) is 2.41. The fourth-order valence-electron chi connectivity index (χ4n) is 1.93. The molecule has 0 fully saturated rings. The first kappa shape index (κ1) is 16.2. The van der Waals surface area contributed by atoms with Crippen LogP contribution in [0, 0.1) is 0 Å². The predicted molar refractivity (Wildman–Crippen MR) is 84.3 cm³/mol. The normalized spacial score (nSPS) is 12.1. The van der Waals surface area contributed by atoms with Crippen molar-refractivity contribution in [3.8, 4) is 0 Å². The standard InChI is InChI=1S/C17H30N2/c1-6-12-18-13-15-8-10-16(11-9-15)14-19(5)17(3,4)7-2/h8-11,18H,6-7,12-14H2,1-5H3. The summed E-state index contributed by atoms with van der Waals surface area (Å²) in [6.45, 7) is 12.1. The maximum Gasteiger partial charge on any atom is 0.0235 e. The molecule has 1 rings (SSSR count). The average molecular weight is 262 g/mol. The summed E-state index contributed by atoms with van der Waals surface area (Å²) in [5.74, 6) is 0. The molecule has 1 aromatic carbocycles. The summed E-state index contributed by atoms with van der Waals surface area (Å²) >= 11 is 0. The van der Waals surface area contributed by atoms with Crippen molar-refractivity contribution in [3.05, 3.63) is 35.4 Å². The fraction of sp³-hybridized carbons (Fsp3) is 0.647. The van der Waals surface area contributed by atoms with E-state index >= 15 is 0 Å². The van der Waals surface area contributed by atoms with Gasteiger partial charge >= 0.3 is 0 Å². The molecule has 0 saturated carbocycles. The molecule has 2 heteroatoms. The Morgan fingerprint density at radius 1 is 1.05 bits per heavy atom. The zero-order chi connectivity index (χ0) is 14.3. The molecule has 1 N–H and O–H groups in total. The molecule has 1 aromatic rings. The van der Waals surface area contributed by atoms with Gasteiger partial charge in [0.2, 0.25) is 0 Å².